The Morgan fingerprint density at radius 1 is 1.45 bits per heavy atom. The zero-order valence-electron chi connectivity index (χ0n) is 12.2. The highest BCUT2D eigenvalue weighted by molar-refractivity contribution is 5.81. The molecule has 2 N–H and O–H groups in total. The van der Waals surface area contributed by atoms with Crippen LogP contribution in [0.1, 0.15) is 12.1 Å². The summed E-state index contributed by atoms with van der Waals surface area (Å²) < 4.78 is 2.14. The molecule has 1 amide bonds. The minimum absolute atomic E-state index is 0.0900. The number of benzene rings is 1. The van der Waals surface area contributed by atoms with Crippen molar-refractivity contribution in [3.05, 3.63) is 47.8 Å². The molecule has 7 heteroatoms. The first-order valence-electron chi connectivity index (χ1n) is 6.99. The third-order valence-electron chi connectivity index (χ3n) is 3.69. The maximum absolute atomic E-state index is 11.0. The molecule has 7 nitrogen and oxygen atoms in total. The van der Waals surface area contributed by atoms with Crippen LogP contribution >= 0.6 is 0 Å². The monoisotopic (exact) mass is 299 g/mol. The number of fused-ring (bicyclic) bond motifs is 1. The van der Waals surface area contributed by atoms with E-state index < -0.39 is 5.91 Å². The second kappa shape index (κ2) is 5.98. The number of aryl methyl sites for hydroxylation is 1. The van der Waals surface area contributed by atoms with Crippen LogP contribution < -0.4 is 5.48 Å². The van der Waals surface area contributed by atoms with E-state index in [1.165, 1.54) is 10.9 Å². The average molecular weight is 299 g/mol. The van der Waals surface area contributed by atoms with Crippen LogP contribution in [0.2, 0.25) is 0 Å². The molecule has 1 aliphatic rings. The van der Waals surface area contributed by atoms with Gasteiger partial charge in [0.15, 0.2) is 0 Å². The van der Waals surface area contributed by atoms with Crippen LogP contribution in [0.3, 0.4) is 0 Å². The summed E-state index contributed by atoms with van der Waals surface area (Å²) in [6, 6.07) is 10.4. The number of hydrogen-bond donors (Lipinski definition) is 2. The highest BCUT2D eigenvalue weighted by Gasteiger charge is 2.15. The molecule has 1 aliphatic heterocycles. The number of hydroxylamine groups is 1. The smallest absolute Gasteiger partial charge is 0.247 e. The molecule has 0 fully saturated rings. The quantitative estimate of drug-likeness (QED) is 0.670. The third kappa shape index (κ3) is 2.84. The second-order valence-electron chi connectivity index (χ2n) is 5.20. The van der Waals surface area contributed by atoms with Crippen LogP contribution in [0.25, 0.3) is 10.9 Å². The van der Waals surface area contributed by atoms with E-state index in [2.05, 4.69) is 33.1 Å². The lowest BCUT2D eigenvalue weighted by Crippen LogP contribution is -2.18. The van der Waals surface area contributed by atoms with Gasteiger partial charge in [0, 0.05) is 24.7 Å². The molecule has 0 saturated carbocycles. The Bertz CT molecular complexity index is 762. The molecule has 2 heterocycles. The zero-order chi connectivity index (χ0) is 15.5. The average Bonchev–Trinajstić information content (AvgIpc) is 3.11. The first-order chi connectivity index (χ1) is 10.7. The van der Waals surface area contributed by atoms with Gasteiger partial charge in [0.05, 0.1) is 18.8 Å². The number of amides is 1. The summed E-state index contributed by atoms with van der Waals surface area (Å²) >= 11 is 0. The summed E-state index contributed by atoms with van der Waals surface area (Å²) in [6.07, 6.45) is 1.75. The third-order valence-corrected chi connectivity index (χ3v) is 3.69. The van der Waals surface area contributed by atoms with Crippen molar-refractivity contribution in [2.45, 2.75) is 13.0 Å². The van der Waals surface area contributed by atoms with Gasteiger partial charge in [0.2, 0.25) is 5.91 Å². The van der Waals surface area contributed by atoms with Crippen molar-refractivity contribution >= 4 is 16.8 Å². The van der Waals surface area contributed by atoms with Gasteiger partial charge in [-0.3, -0.25) is 15.0 Å². The van der Waals surface area contributed by atoms with Crippen LogP contribution in [-0.2, 0) is 18.4 Å². The van der Waals surface area contributed by atoms with Crippen molar-refractivity contribution in [1.82, 2.24) is 15.1 Å². The lowest BCUT2D eigenvalue weighted by Gasteiger charge is -2.12. The maximum Gasteiger partial charge on any atom is 0.247 e. The van der Waals surface area contributed by atoms with E-state index in [4.69, 9.17) is 5.21 Å². The zero-order valence-corrected chi connectivity index (χ0v) is 12.2. The van der Waals surface area contributed by atoms with Crippen LogP contribution in [0.4, 0.5) is 0 Å². The molecule has 0 unspecified atom stereocenters. The van der Waals surface area contributed by atoms with Crippen LogP contribution in [-0.4, -0.2) is 27.2 Å². The molecule has 0 aliphatic carbocycles. The van der Waals surface area contributed by atoms with Crippen molar-refractivity contribution in [2.75, 3.05) is 6.54 Å². The van der Waals surface area contributed by atoms with Crippen molar-refractivity contribution in [3.63, 3.8) is 0 Å². The van der Waals surface area contributed by atoms with Gasteiger partial charge in [0.25, 0.3) is 0 Å². The van der Waals surface area contributed by atoms with Gasteiger partial charge < -0.3 is 4.57 Å². The number of rotatable bonds is 4. The highest BCUT2D eigenvalue weighted by Crippen LogP contribution is 2.22. The molecule has 114 valence electrons. The lowest BCUT2D eigenvalue weighted by atomic mass is 10.2. The minimum atomic E-state index is -0.463. The number of aromatic nitrogens is 1. The fraction of sp³-hybridized carbons (Fsp3) is 0.267. The topological polar surface area (TPSA) is 82.2 Å². The molecular formula is C15H17N5O2. The van der Waals surface area contributed by atoms with E-state index in [0.29, 0.717) is 13.1 Å². The highest BCUT2D eigenvalue weighted by atomic mass is 16.5. The van der Waals surface area contributed by atoms with Crippen LogP contribution in [0, 0.1) is 0 Å². The van der Waals surface area contributed by atoms with E-state index in [9.17, 15) is 4.79 Å². The fourth-order valence-corrected chi connectivity index (χ4v) is 2.50. The molecule has 2 aromatic rings. The predicted molar refractivity (Wildman–Crippen MR) is 80.8 cm³/mol. The number of carbonyl (C=O) groups excluding carboxylic acids is 1. The Hall–Kier alpha value is -2.67. The van der Waals surface area contributed by atoms with E-state index in [-0.39, 0.29) is 6.42 Å². The Labute approximate surface area is 127 Å². The number of hydrogen-bond acceptors (Lipinski definition) is 5. The van der Waals surface area contributed by atoms with Gasteiger partial charge in [-0.15, -0.1) is 5.11 Å². The van der Waals surface area contributed by atoms with Crippen LogP contribution in [0.15, 0.2) is 52.4 Å². The Kier molecular flexibility index (Phi) is 3.88. The number of para-hydroxylation sites is 1. The Morgan fingerprint density at radius 2 is 2.27 bits per heavy atom. The number of nitrogens with zero attached hydrogens (tertiary/aromatic N) is 4. The second-order valence-corrected chi connectivity index (χ2v) is 5.20. The normalized spacial score (nSPS) is 15.9. The molecule has 1 aromatic carbocycles. The molecule has 22 heavy (non-hydrogen) atoms. The van der Waals surface area contributed by atoms with Gasteiger partial charge >= 0.3 is 0 Å². The van der Waals surface area contributed by atoms with Gasteiger partial charge in [0.1, 0.15) is 0 Å². The molecule has 0 radical (unpaired) electrons. The minimum Gasteiger partial charge on any atom is -0.346 e. The van der Waals surface area contributed by atoms with E-state index in [1.54, 1.807) is 11.6 Å². The molecular weight excluding hydrogens is 282 g/mol. The number of nitrogens with one attached hydrogen (secondary N) is 1. The summed E-state index contributed by atoms with van der Waals surface area (Å²) in [7, 11) is 2.03. The van der Waals surface area contributed by atoms with Gasteiger partial charge in [-0.05, 0) is 23.6 Å². The van der Waals surface area contributed by atoms with E-state index in [1.807, 2.05) is 24.2 Å². The van der Waals surface area contributed by atoms with E-state index >= 15 is 0 Å². The van der Waals surface area contributed by atoms with Crippen molar-refractivity contribution in [1.29, 1.82) is 0 Å². The summed E-state index contributed by atoms with van der Waals surface area (Å²) in [5.74, 6) is -0.463. The van der Waals surface area contributed by atoms with Crippen molar-refractivity contribution in [3.8, 4) is 0 Å². The van der Waals surface area contributed by atoms with Crippen molar-refractivity contribution in [2.24, 2.45) is 17.4 Å². The Balaban J connectivity index is 1.68. The first kappa shape index (κ1) is 14.3. The first-order valence-corrected chi connectivity index (χ1v) is 6.99. The summed E-state index contributed by atoms with van der Waals surface area (Å²) in [6.45, 7) is 1.21. The largest absolute Gasteiger partial charge is 0.346 e. The molecule has 0 atom stereocenters. The summed E-state index contributed by atoms with van der Waals surface area (Å²) in [5, 5.41) is 19.7. The van der Waals surface area contributed by atoms with Crippen molar-refractivity contribution < 1.29 is 10.0 Å². The summed E-state index contributed by atoms with van der Waals surface area (Å²) in [5.41, 5.74) is 4.65. The standard InChI is InChI=1S/C15H17N5O2/c1-19-13(8-11-4-2-3-5-14(11)19)10-20-9-12(16-18-20)6-7-15(21)17-22/h2-6,8,22H,7,9-10H2,1H3,(H,17,21)/b12-6-. The SMILES string of the molecule is Cn1c(CN2C/C(=C/CC(=O)NO)N=N2)cc2ccccc21. The predicted octanol–water partition coefficient (Wildman–Crippen LogP) is 2.14. The number of carbonyl (C=O) groups is 1. The van der Waals surface area contributed by atoms with Gasteiger partial charge in [-0.25, -0.2) is 5.48 Å². The van der Waals surface area contributed by atoms with Gasteiger partial charge in [-0.2, -0.15) is 0 Å². The fourth-order valence-electron chi connectivity index (χ4n) is 2.50. The molecule has 0 bridgehead atoms. The molecule has 3 rings (SSSR count). The lowest BCUT2D eigenvalue weighted by molar-refractivity contribution is -0.128. The molecule has 0 spiro atoms. The van der Waals surface area contributed by atoms with E-state index in [0.717, 1.165) is 11.4 Å². The van der Waals surface area contributed by atoms with Gasteiger partial charge in [-0.1, -0.05) is 23.4 Å². The molecule has 1 aromatic heterocycles. The maximum atomic E-state index is 11.0. The Morgan fingerprint density at radius 3 is 3.05 bits per heavy atom. The van der Waals surface area contributed by atoms with Crippen LogP contribution in [0.5, 0.6) is 0 Å². The summed E-state index contributed by atoms with van der Waals surface area (Å²) in [4.78, 5) is 11.0. The molecule has 0 saturated heterocycles.